The Morgan fingerprint density at radius 3 is 2.40 bits per heavy atom. The Kier molecular flexibility index (Phi) is 5.51. The van der Waals surface area contributed by atoms with E-state index in [0.29, 0.717) is 16.7 Å². The average molecular weight is 414 g/mol. The maximum Gasteiger partial charge on any atom is 0.0311 e. The molecule has 0 aromatic rings. The van der Waals surface area contributed by atoms with Gasteiger partial charge in [0.25, 0.3) is 0 Å². The molecule has 0 heterocycles. The molecule has 3 fully saturated rings. The van der Waals surface area contributed by atoms with E-state index >= 15 is 0 Å². The summed E-state index contributed by atoms with van der Waals surface area (Å²) in [5.74, 6) is 2.65. The lowest BCUT2D eigenvalue weighted by atomic mass is 9.41. The van der Waals surface area contributed by atoms with Crippen LogP contribution in [0.25, 0.3) is 0 Å². The van der Waals surface area contributed by atoms with Crippen molar-refractivity contribution in [1.29, 1.82) is 0 Å². The van der Waals surface area contributed by atoms with Gasteiger partial charge in [0.05, 0.1) is 0 Å². The molecule has 0 bridgehead atoms. The van der Waals surface area contributed by atoms with Crippen LogP contribution in [0.15, 0.2) is 11.6 Å². The first-order valence-corrected chi connectivity index (χ1v) is 13.5. The molecule has 4 aliphatic carbocycles. The first-order valence-electron chi connectivity index (χ1n) is 14.0. The molecule has 4 aliphatic rings. The second-order valence-corrected chi connectivity index (χ2v) is 13.8. The van der Waals surface area contributed by atoms with Gasteiger partial charge in [0, 0.05) is 1.37 Å². The lowest BCUT2D eigenvalue weighted by Crippen LogP contribution is -2.55. The monoisotopic (exact) mass is 413 g/mol. The highest BCUT2D eigenvalue weighted by molar-refractivity contribution is 5.33. The zero-order valence-corrected chi connectivity index (χ0v) is 21.7. The SMILES string of the molecule is [2H][C@@]1([C@H](C)CCCC(C)C)CC[C@]2(C)C3=CC[C@H]4C(C)(C)CCC[C@]4(C)[C@H]3CC[C@@]12C. The van der Waals surface area contributed by atoms with Gasteiger partial charge in [-0.15, -0.1) is 0 Å². The van der Waals surface area contributed by atoms with Gasteiger partial charge in [-0.1, -0.05) is 92.7 Å². The maximum atomic E-state index is 9.89. The van der Waals surface area contributed by atoms with Gasteiger partial charge < -0.3 is 0 Å². The van der Waals surface area contributed by atoms with Crippen LogP contribution in [0.3, 0.4) is 0 Å². The van der Waals surface area contributed by atoms with Crippen LogP contribution in [-0.2, 0) is 0 Å². The first kappa shape index (κ1) is 21.6. The van der Waals surface area contributed by atoms with Crippen molar-refractivity contribution < 1.29 is 1.37 Å². The van der Waals surface area contributed by atoms with Crippen molar-refractivity contribution in [3.8, 4) is 0 Å². The van der Waals surface area contributed by atoms with Gasteiger partial charge in [-0.05, 0) is 96.2 Å². The van der Waals surface area contributed by atoms with Crippen LogP contribution in [0.5, 0.6) is 0 Å². The van der Waals surface area contributed by atoms with E-state index in [-0.39, 0.29) is 16.7 Å². The summed E-state index contributed by atoms with van der Waals surface area (Å²) in [6, 6.07) is 0. The molecule has 0 aromatic carbocycles. The summed E-state index contributed by atoms with van der Waals surface area (Å²) >= 11 is 0. The molecule has 4 rings (SSSR count). The van der Waals surface area contributed by atoms with E-state index < -0.39 is 0 Å². The average Bonchev–Trinajstić information content (AvgIpc) is 2.89. The summed E-state index contributed by atoms with van der Waals surface area (Å²) in [6.07, 6.45) is 17.1. The third kappa shape index (κ3) is 3.28. The van der Waals surface area contributed by atoms with Crippen molar-refractivity contribution in [3.63, 3.8) is 0 Å². The summed E-state index contributed by atoms with van der Waals surface area (Å²) in [4.78, 5) is 0. The minimum absolute atomic E-state index is 0.132. The summed E-state index contributed by atoms with van der Waals surface area (Å²) in [5, 5.41) is 0. The molecule has 30 heavy (non-hydrogen) atoms. The van der Waals surface area contributed by atoms with Gasteiger partial charge in [0.15, 0.2) is 0 Å². The van der Waals surface area contributed by atoms with Gasteiger partial charge in [-0.25, -0.2) is 0 Å². The summed E-state index contributed by atoms with van der Waals surface area (Å²) in [6.45, 7) is 20.0. The Bertz CT molecular complexity index is 718. The van der Waals surface area contributed by atoms with Crippen LogP contribution < -0.4 is 0 Å². The Hall–Kier alpha value is -0.260. The van der Waals surface area contributed by atoms with Crippen LogP contribution in [0.4, 0.5) is 0 Å². The quantitative estimate of drug-likeness (QED) is 0.394. The van der Waals surface area contributed by atoms with E-state index in [1.165, 1.54) is 64.2 Å². The van der Waals surface area contributed by atoms with Crippen LogP contribution in [0, 0.1) is 51.2 Å². The zero-order chi connectivity index (χ0) is 22.9. The fraction of sp³-hybridized carbons (Fsp3) is 0.933. The van der Waals surface area contributed by atoms with E-state index in [9.17, 15) is 1.37 Å². The molecule has 3 saturated carbocycles. The number of allylic oxidation sites excluding steroid dienone is 2. The Balaban J connectivity index is 1.64. The van der Waals surface area contributed by atoms with Crippen molar-refractivity contribution in [2.45, 2.75) is 126 Å². The fourth-order valence-corrected chi connectivity index (χ4v) is 9.43. The van der Waals surface area contributed by atoms with Gasteiger partial charge >= 0.3 is 0 Å². The van der Waals surface area contributed by atoms with Crippen LogP contribution in [0.2, 0.25) is 0 Å². The second-order valence-electron chi connectivity index (χ2n) is 13.8. The van der Waals surface area contributed by atoms with Gasteiger partial charge in [-0.3, -0.25) is 0 Å². The topological polar surface area (TPSA) is 0 Å². The molecule has 0 amide bonds. The standard InChI is InChI=1S/C30H52/c1-21(2)11-9-12-22(3)23-15-19-30(8)25-13-14-26-27(4,5)17-10-18-28(26,6)24(25)16-20-29(23,30)7/h13,21-24,26H,9-12,14-20H2,1-8H3/t22-,23+,24+,26+,28-,29+,30-/m1/s1/i23D. The highest BCUT2D eigenvalue weighted by Crippen LogP contribution is 2.73. The van der Waals surface area contributed by atoms with Crippen LogP contribution in [0.1, 0.15) is 127 Å². The van der Waals surface area contributed by atoms with E-state index in [1.54, 1.807) is 5.57 Å². The Labute approximate surface area is 190 Å². The minimum atomic E-state index is -0.256. The molecule has 0 nitrogen and oxygen atoms in total. The van der Waals surface area contributed by atoms with Crippen molar-refractivity contribution in [3.05, 3.63) is 11.6 Å². The van der Waals surface area contributed by atoms with Crippen LogP contribution in [-0.4, -0.2) is 0 Å². The second kappa shape index (κ2) is 7.66. The molecule has 0 unspecified atom stereocenters. The number of rotatable bonds is 5. The third-order valence-electron chi connectivity index (χ3n) is 11.4. The van der Waals surface area contributed by atoms with Gasteiger partial charge in [0.2, 0.25) is 0 Å². The summed E-state index contributed by atoms with van der Waals surface area (Å²) in [5.41, 5.74) is 3.14. The first-order chi connectivity index (χ1) is 14.3. The van der Waals surface area contributed by atoms with E-state index in [2.05, 4.69) is 61.5 Å². The molecule has 7 atom stereocenters. The summed E-state index contributed by atoms with van der Waals surface area (Å²) < 4.78 is 9.89. The molecule has 0 saturated heterocycles. The molecular formula is C30H52. The van der Waals surface area contributed by atoms with Crippen molar-refractivity contribution in [2.24, 2.45) is 51.2 Å². The number of hydrogen-bond donors (Lipinski definition) is 0. The molecule has 172 valence electrons. The summed E-state index contributed by atoms with van der Waals surface area (Å²) in [7, 11) is 0. The highest BCUT2D eigenvalue weighted by Gasteiger charge is 2.64. The number of hydrogen-bond acceptors (Lipinski definition) is 0. The van der Waals surface area contributed by atoms with Gasteiger partial charge in [-0.2, -0.15) is 0 Å². The van der Waals surface area contributed by atoms with E-state index in [1.807, 2.05) is 0 Å². The molecule has 0 radical (unpaired) electrons. The highest BCUT2D eigenvalue weighted by atomic mass is 14.7. The molecular weight excluding hydrogens is 360 g/mol. The normalized spacial score (nSPS) is 49.0. The number of fused-ring (bicyclic) bond motifs is 5. The predicted molar refractivity (Wildman–Crippen MR) is 131 cm³/mol. The fourth-order valence-electron chi connectivity index (χ4n) is 9.43. The lowest BCUT2D eigenvalue weighted by Gasteiger charge is -2.63. The molecule has 0 aliphatic heterocycles. The lowest BCUT2D eigenvalue weighted by molar-refractivity contribution is -0.0799. The Morgan fingerprint density at radius 1 is 0.967 bits per heavy atom. The zero-order valence-electron chi connectivity index (χ0n) is 22.7. The molecule has 0 heteroatoms. The van der Waals surface area contributed by atoms with Crippen molar-refractivity contribution in [2.75, 3.05) is 0 Å². The maximum absolute atomic E-state index is 9.89. The van der Waals surface area contributed by atoms with Crippen LogP contribution >= 0.6 is 0 Å². The van der Waals surface area contributed by atoms with Crippen molar-refractivity contribution >= 4 is 0 Å². The predicted octanol–water partition coefficient (Wildman–Crippen LogP) is 9.44. The van der Waals surface area contributed by atoms with Crippen molar-refractivity contribution in [1.82, 2.24) is 0 Å². The minimum Gasteiger partial charge on any atom is -0.0841 e. The smallest absolute Gasteiger partial charge is 0.0311 e. The van der Waals surface area contributed by atoms with E-state index in [0.717, 1.165) is 24.2 Å². The third-order valence-corrected chi connectivity index (χ3v) is 11.4. The van der Waals surface area contributed by atoms with Gasteiger partial charge in [0.1, 0.15) is 0 Å². The molecule has 0 spiro atoms. The molecule has 0 aromatic heterocycles. The van der Waals surface area contributed by atoms with E-state index in [4.69, 9.17) is 0 Å². The Morgan fingerprint density at radius 2 is 1.70 bits per heavy atom. The molecule has 0 N–H and O–H groups in total. The largest absolute Gasteiger partial charge is 0.0841 e.